The van der Waals surface area contributed by atoms with Crippen LogP contribution in [-0.2, 0) is 0 Å². The fourth-order valence-corrected chi connectivity index (χ4v) is 3.52. The van der Waals surface area contributed by atoms with E-state index >= 15 is 0 Å². The van der Waals surface area contributed by atoms with Crippen molar-refractivity contribution in [3.8, 4) is 11.4 Å². The summed E-state index contributed by atoms with van der Waals surface area (Å²) in [6, 6.07) is 9.24. The maximum atomic E-state index is 13.4. The molecule has 1 fully saturated rings. The van der Waals surface area contributed by atoms with Gasteiger partial charge in [0.05, 0.1) is 12.3 Å². The van der Waals surface area contributed by atoms with Crippen molar-refractivity contribution in [2.24, 2.45) is 0 Å². The summed E-state index contributed by atoms with van der Waals surface area (Å²) in [4.78, 5) is 25.9. The number of benzene rings is 1. The topological polar surface area (TPSA) is 126 Å². The Morgan fingerprint density at radius 1 is 1.00 bits per heavy atom. The number of aromatic nitrogens is 3. The van der Waals surface area contributed by atoms with Crippen molar-refractivity contribution in [2.75, 3.05) is 44.2 Å². The molecule has 0 saturated carbocycles. The molecule has 0 atom stereocenters. The average Bonchev–Trinajstić information content (AvgIpc) is 2.70. The monoisotopic (exact) mass is 385 g/mol. The van der Waals surface area contributed by atoms with Gasteiger partial charge in [-0.2, -0.15) is 0 Å². The zero-order valence-electron chi connectivity index (χ0n) is 15.3. The third-order valence-electron chi connectivity index (χ3n) is 4.86. The van der Waals surface area contributed by atoms with E-state index in [4.69, 9.17) is 5.11 Å². The van der Waals surface area contributed by atoms with Crippen LogP contribution in [0.5, 0.6) is 5.75 Å². The molecule has 0 spiro atoms. The highest BCUT2D eigenvalue weighted by Gasteiger charge is 2.26. The first-order chi connectivity index (χ1) is 13.2. The molecule has 9 heteroatoms. The lowest BCUT2D eigenvalue weighted by Crippen LogP contribution is -2.49. The number of para-hydroxylation sites is 1. The van der Waals surface area contributed by atoms with Gasteiger partial charge in [-0.3, -0.25) is 14.3 Å². The second kappa shape index (κ2) is 8.34. The summed E-state index contributed by atoms with van der Waals surface area (Å²) in [6.07, 6.45) is 3.01. The van der Waals surface area contributed by atoms with Crippen molar-refractivity contribution in [1.29, 1.82) is 0 Å². The minimum absolute atomic E-state index is 0. The average molecular weight is 385 g/mol. The number of aliphatic hydroxyl groups excluding tert-OH is 1. The number of hydrogen-bond donors (Lipinski definition) is 2. The highest BCUT2D eigenvalue weighted by atomic mass is 16.3. The van der Waals surface area contributed by atoms with Gasteiger partial charge in [-0.15, -0.1) is 0 Å². The van der Waals surface area contributed by atoms with E-state index in [-0.39, 0.29) is 29.1 Å². The summed E-state index contributed by atoms with van der Waals surface area (Å²) in [5.41, 5.74) is 1.23. The number of anilines is 1. The fourth-order valence-electron chi connectivity index (χ4n) is 3.52. The van der Waals surface area contributed by atoms with E-state index in [1.165, 1.54) is 17.0 Å². The van der Waals surface area contributed by atoms with Crippen molar-refractivity contribution in [3.63, 3.8) is 0 Å². The van der Waals surface area contributed by atoms with E-state index in [1.807, 2.05) is 35.2 Å². The molecule has 0 radical (unpaired) electrons. The molecule has 1 aliphatic heterocycles. The number of fused-ring (bicyclic) bond motifs is 1. The standard InChI is InChI=1S/C19H21N5O3.H2O/c25-13-12-22-8-10-23(11-9-22)16-17(26)15-18(21-7-6-20-15)24(19(16)27)14-4-2-1-3-5-14;/h1-7,25-26H,8-13H2;1H2. The SMILES string of the molecule is O.O=c1c(N2CCN(CCO)CC2)c(O)c2nccnc2n1-c1ccccc1. The van der Waals surface area contributed by atoms with Gasteiger partial charge in [0.1, 0.15) is 5.69 Å². The number of nitrogens with zero attached hydrogens (tertiary/aromatic N) is 5. The molecule has 0 bridgehead atoms. The second-order valence-electron chi connectivity index (χ2n) is 6.45. The molecular formula is C19H23N5O4. The maximum Gasteiger partial charge on any atom is 0.284 e. The predicted octanol–water partition coefficient (Wildman–Crippen LogP) is -0.224. The zero-order valence-corrected chi connectivity index (χ0v) is 15.3. The molecule has 0 amide bonds. The van der Waals surface area contributed by atoms with E-state index in [0.29, 0.717) is 49.6 Å². The lowest BCUT2D eigenvalue weighted by Gasteiger charge is -2.35. The van der Waals surface area contributed by atoms with Gasteiger partial charge < -0.3 is 20.6 Å². The summed E-state index contributed by atoms with van der Waals surface area (Å²) in [5, 5.41) is 19.9. The van der Waals surface area contributed by atoms with E-state index in [9.17, 15) is 9.90 Å². The Balaban J connectivity index is 0.00000225. The van der Waals surface area contributed by atoms with Crippen LogP contribution < -0.4 is 10.5 Å². The highest BCUT2D eigenvalue weighted by Crippen LogP contribution is 2.31. The first-order valence-corrected chi connectivity index (χ1v) is 8.93. The minimum Gasteiger partial charge on any atom is -0.504 e. The smallest absolute Gasteiger partial charge is 0.284 e. The molecule has 4 rings (SSSR count). The van der Waals surface area contributed by atoms with Crippen molar-refractivity contribution in [3.05, 3.63) is 53.1 Å². The normalized spacial score (nSPS) is 14.8. The van der Waals surface area contributed by atoms with Crippen LogP contribution in [0.2, 0.25) is 0 Å². The Hall–Kier alpha value is -3.01. The van der Waals surface area contributed by atoms with Crippen molar-refractivity contribution >= 4 is 16.9 Å². The number of aromatic hydroxyl groups is 1. The number of rotatable bonds is 4. The zero-order chi connectivity index (χ0) is 18.8. The molecule has 1 aliphatic rings. The molecule has 4 N–H and O–H groups in total. The van der Waals surface area contributed by atoms with Crippen LogP contribution in [0.25, 0.3) is 16.9 Å². The van der Waals surface area contributed by atoms with Gasteiger partial charge in [0, 0.05) is 45.1 Å². The van der Waals surface area contributed by atoms with Crippen LogP contribution >= 0.6 is 0 Å². The van der Waals surface area contributed by atoms with Crippen LogP contribution in [0.1, 0.15) is 0 Å². The number of aliphatic hydroxyl groups is 1. The van der Waals surface area contributed by atoms with Gasteiger partial charge in [-0.1, -0.05) is 18.2 Å². The molecule has 148 valence electrons. The lowest BCUT2D eigenvalue weighted by atomic mass is 10.2. The van der Waals surface area contributed by atoms with Gasteiger partial charge in [0.25, 0.3) is 5.56 Å². The number of piperazine rings is 1. The highest BCUT2D eigenvalue weighted by molar-refractivity contribution is 5.85. The number of pyridine rings is 1. The Bertz CT molecular complexity index is 1000. The third-order valence-corrected chi connectivity index (χ3v) is 4.86. The van der Waals surface area contributed by atoms with Gasteiger partial charge >= 0.3 is 0 Å². The molecule has 0 aliphatic carbocycles. The molecule has 28 heavy (non-hydrogen) atoms. The second-order valence-corrected chi connectivity index (χ2v) is 6.45. The van der Waals surface area contributed by atoms with Crippen molar-refractivity contribution in [1.82, 2.24) is 19.4 Å². The Kier molecular flexibility index (Phi) is 5.88. The van der Waals surface area contributed by atoms with E-state index in [0.717, 1.165) is 0 Å². The summed E-state index contributed by atoms with van der Waals surface area (Å²) in [6.45, 7) is 3.31. The third kappa shape index (κ3) is 3.42. The Labute approximate surface area is 161 Å². The largest absolute Gasteiger partial charge is 0.504 e. The lowest BCUT2D eigenvalue weighted by molar-refractivity contribution is 0.188. The molecule has 3 heterocycles. The Morgan fingerprint density at radius 3 is 2.36 bits per heavy atom. The van der Waals surface area contributed by atoms with E-state index in [1.54, 1.807) is 0 Å². The minimum atomic E-state index is -0.317. The molecule has 0 unspecified atom stereocenters. The van der Waals surface area contributed by atoms with Gasteiger partial charge in [0.2, 0.25) is 0 Å². The predicted molar refractivity (Wildman–Crippen MR) is 106 cm³/mol. The molecule has 2 aromatic heterocycles. The van der Waals surface area contributed by atoms with E-state index in [2.05, 4.69) is 14.9 Å². The van der Waals surface area contributed by atoms with Crippen LogP contribution in [-0.4, -0.2) is 74.5 Å². The molecular weight excluding hydrogens is 362 g/mol. The molecule has 1 saturated heterocycles. The van der Waals surface area contributed by atoms with Crippen molar-refractivity contribution in [2.45, 2.75) is 0 Å². The van der Waals surface area contributed by atoms with Crippen LogP contribution in [0, 0.1) is 0 Å². The van der Waals surface area contributed by atoms with Crippen LogP contribution in [0.4, 0.5) is 5.69 Å². The first-order valence-electron chi connectivity index (χ1n) is 8.93. The molecule has 1 aromatic carbocycles. The van der Waals surface area contributed by atoms with Crippen LogP contribution in [0.15, 0.2) is 47.5 Å². The first kappa shape index (κ1) is 19.7. The van der Waals surface area contributed by atoms with Crippen molar-refractivity contribution < 1.29 is 15.7 Å². The van der Waals surface area contributed by atoms with E-state index < -0.39 is 0 Å². The fraction of sp³-hybridized carbons (Fsp3) is 0.316. The molecule has 3 aromatic rings. The summed E-state index contributed by atoms with van der Waals surface area (Å²) >= 11 is 0. The summed E-state index contributed by atoms with van der Waals surface area (Å²) < 4.78 is 1.50. The number of β-amino-alcohol motifs (C(OH)–C–C–N with tert-alkyl or cyclic N) is 1. The van der Waals surface area contributed by atoms with Gasteiger partial charge in [0.15, 0.2) is 16.9 Å². The quantitative estimate of drug-likeness (QED) is 0.635. The number of hydrogen-bond acceptors (Lipinski definition) is 7. The summed E-state index contributed by atoms with van der Waals surface area (Å²) in [5.74, 6) is -0.133. The van der Waals surface area contributed by atoms with Gasteiger partial charge in [-0.05, 0) is 12.1 Å². The van der Waals surface area contributed by atoms with Crippen LogP contribution in [0.3, 0.4) is 0 Å². The summed E-state index contributed by atoms with van der Waals surface area (Å²) in [7, 11) is 0. The van der Waals surface area contributed by atoms with Gasteiger partial charge in [-0.25, -0.2) is 9.97 Å². The molecule has 9 nitrogen and oxygen atoms in total. The Morgan fingerprint density at radius 2 is 1.68 bits per heavy atom. The maximum absolute atomic E-state index is 13.4.